The third kappa shape index (κ3) is 5.40. The summed E-state index contributed by atoms with van der Waals surface area (Å²) in [6, 6.07) is 6.86. The van der Waals surface area contributed by atoms with Gasteiger partial charge in [0.1, 0.15) is 0 Å². The first-order valence-corrected chi connectivity index (χ1v) is 6.55. The van der Waals surface area contributed by atoms with Crippen LogP contribution >= 0.6 is 0 Å². The van der Waals surface area contributed by atoms with Crippen molar-refractivity contribution in [3.8, 4) is 0 Å². The molecular weight excluding hydrogens is 254 g/mol. The molecule has 0 fully saturated rings. The van der Waals surface area contributed by atoms with Crippen molar-refractivity contribution in [3.63, 3.8) is 0 Å². The first kappa shape index (κ1) is 16.2. The van der Waals surface area contributed by atoms with Crippen LogP contribution in [-0.2, 0) is 4.79 Å². The molecule has 0 radical (unpaired) electrons. The fourth-order valence-electron chi connectivity index (χ4n) is 1.50. The Labute approximate surface area is 120 Å². The number of nitrogens with one attached hydrogen (secondary N) is 2. The topological polar surface area (TPSA) is 61.4 Å². The van der Waals surface area contributed by atoms with Gasteiger partial charge >= 0.3 is 0 Å². The fourth-order valence-corrected chi connectivity index (χ4v) is 1.50. The Balaban J connectivity index is 2.57. The zero-order valence-corrected chi connectivity index (χ0v) is 12.8. The highest BCUT2D eigenvalue weighted by Gasteiger charge is 2.12. The lowest BCUT2D eigenvalue weighted by Crippen LogP contribution is -2.41. The van der Waals surface area contributed by atoms with Crippen LogP contribution in [0.2, 0.25) is 0 Å². The zero-order chi connectivity index (χ0) is 15.3. The summed E-state index contributed by atoms with van der Waals surface area (Å²) in [4.78, 5) is 25.0. The van der Waals surface area contributed by atoms with Gasteiger partial charge in [-0.15, -0.1) is 0 Å². The Bertz CT molecular complexity index is 473. The molecule has 0 aromatic heterocycles. The minimum atomic E-state index is -0.105. The highest BCUT2D eigenvalue weighted by atomic mass is 16.2. The second-order valence-corrected chi connectivity index (χ2v) is 5.93. The predicted molar refractivity (Wildman–Crippen MR) is 80.8 cm³/mol. The summed E-state index contributed by atoms with van der Waals surface area (Å²) in [7, 11) is 3.41. The summed E-state index contributed by atoms with van der Waals surface area (Å²) < 4.78 is 0. The molecule has 0 saturated heterocycles. The van der Waals surface area contributed by atoms with E-state index in [9.17, 15) is 9.59 Å². The van der Waals surface area contributed by atoms with Crippen LogP contribution in [-0.4, -0.2) is 42.9 Å². The van der Waals surface area contributed by atoms with E-state index in [2.05, 4.69) is 10.6 Å². The molecule has 2 amide bonds. The highest BCUT2D eigenvalue weighted by Crippen LogP contribution is 2.10. The van der Waals surface area contributed by atoms with Crippen LogP contribution < -0.4 is 10.6 Å². The molecule has 0 aliphatic carbocycles. The van der Waals surface area contributed by atoms with Gasteiger partial charge in [0.15, 0.2) is 0 Å². The number of hydrogen-bond donors (Lipinski definition) is 2. The van der Waals surface area contributed by atoms with Gasteiger partial charge in [-0.1, -0.05) is 0 Å². The number of anilines is 1. The van der Waals surface area contributed by atoms with Crippen LogP contribution in [0.5, 0.6) is 0 Å². The van der Waals surface area contributed by atoms with Crippen molar-refractivity contribution in [1.82, 2.24) is 10.2 Å². The third-order valence-corrected chi connectivity index (χ3v) is 2.60. The summed E-state index contributed by atoms with van der Waals surface area (Å²) >= 11 is 0. The van der Waals surface area contributed by atoms with E-state index >= 15 is 0 Å². The Hall–Kier alpha value is -1.88. The smallest absolute Gasteiger partial charge is 0.253 e. The van der Waals surface area contributed by atoms with E-state index in [4.69, 9.17) is 0 Å². The summed E-state index contributed by atoms with van der Waals surface area (Å²) in [5.41, 5.74) is 1.18. The van der Waals surface area contributed by atoms with E-state index in [0.717, 1.165) is 0 Å². The van der Waals surface area contributed by atoms with Crippen molar-refractivity contribution >= 4 is 17.5 Å². The van der Waals surface area contributed by atoms with Gasteiger partial charge in [-0.3, -0.25) is 9.59 Å². The van der Waals surface area contributed by atoms with E-state index < -0.39 is 0 Å². The van der Waals surface area contributed by atoms with Crippen molar-refractivity contribution in [3.05, 3.63) is 29.8 Å². The van der Waals surface area contributed by atoms with E-state index in [-0.39, 0.29) is 23.9 Å². The third-order valence-electron chi connectivity index (χ3n) is 2.60. The van der Waals surface area contributed by atoms with Crippen LogP contribution in [0.3, 0.4) is 0 Å². The van der Waals surface area contributed by atoms with Crippen LogP contribution in [0.15, 0.2) is 24.3 Å². The van der Waals surface area contributed by atoms with Crippen LogP contribution in [0.4, 0.5) is 5.69 Å². The maximum atomic E-state index is 11.7. The fraction of sp³-hybridized carbons (Fsp3) is 0.467. The van der Waals surface area contributed by atoms with Crippen molar-refractivity contribution in [2.75, 3.05) is 26.0 Å². The lowest BCUT2D eigenvalue weighted by atomic mass is 10.1. The van der Waals surface area contributed by atoms with Gasteiger partial charge in [0, 0.05) is 30.9 Å². The minimum Gasteiger partial charge on any atom is -0.345 e. The molecule has 110 valence electrons. The molecule has 0 bridgehead atoms. The number of amides is 2. The van der Waals surface area contributed by atoms with E-state index in [0.29, 0.717) is 11.3 Å². The molecule has 5 nitrogen and oxygen atoms in total. The Morgan fingerprint density at radius 3 is 2.10 bits per heavy atom. The SMILES string of the molecule is CN(C)C(=O)c1ccc(NC(=O)CNC(C)(C)C)cc1. The Morgan fingerprint density at radius 1 is 1.10 bits per heavy atom. The number of hydrogen-bond acceptors (Lipinski definition) is 3. The van der Waals surface area contributed by atoms with E-state index in [1.165, 1.54) is 4.90 Å². The standard InChI is InChI=1S/C15H23N3O2/c1-15(2,3)16-10-13(19)17-12-8-6-11(7-9-12)14(20)18(4)5/h6-9,16H,10H2,1-5H3,(H,17,19). The number of rotatable bonds is 4. The normalized spacial score (nSPS) is 11.1. The molecular formula is C15H23N3O2. The van der Waals surface area contributed by atoms with Gasteiger partial charge in [-0.05, 0) is 45.0 Å². The maximum Gasteiger partial charge on any atom is 0.253 e. The van der Waals surface area contributed by atoms with Gasteiger partial charge < -0.3 is 15.5 Å². The molecule has 0 unspecified atom stereocenters. The Kier molecular flexibility index (Phi) is 5.27. The molecule has 0 spiro atoms. The number of nitrogens with zero attached hydrogens (tertiary/aromatic N) is 1. The maximum absolute atomic E-state index is 11.7. The van der Waals surface area contributed by atoms with Crippen LogP contribution in [0, 0.1) is 0 Å². The van der Waals surface area contributed by atoms with E-state index in [1.54, 1.807) is 38.4 Å². The number of carbonyl (C=O) groups excluding carboxylic acids is 2. The second kappa shape index (κ2) is 6.52. The summed E-state index contributed by atoms with van der Waals surface area (Å²) in [5, 5.41) is 5.90. The molecule has 0 aliphatic rings. The number of carbonyl (C=O) groups is 2. The molecule has 0 aliphatic heterocycles. The zero-order valence-electron chi connectivity index (χ0n) is 12.8. The molecule has 1 rings (SSSR count). The lowest BCUT2D eigenvalue weighted by molar-refractivity contribution is -0.115. The number of benzene rings is 1. The second-order valence-electron chi connectivity index (χ2n) is 5.93. The van der Waals surface area contributed by atoms with Crippen molar-refractivity contribution in [2.45, 2.75) is 26.3 Å². The summed E-state index contributed by atoms with van der Waals surface area (Å²) in [5.74, 6) is -0.163. The molecule has 1 aromatic carbocycles. The van der Waals surface area contributed by atoms with Crippen LogP contribution in [0.25, 0.3) is 0 Å². The molecule has 5 heteroatoms. The average Bonchev–Trinajstić information content (AvgIpc) is 2.35. The molecule has 2 N–H and O–H groups in total. The van der Waals surface area contributed by atoms with Gasteiger partial charge in [-0.25, -0.2) is 0 Å². The highest BCUT2D eigenvalue weighted by molar-refractivity contribution is 5.96. The lowest BCUT2D eigenvalue weighted by Gasteiger charge is -2.20. The largest absolute Gasteiger partial charge is 0.345 e. The average molecular weight is 277 g/mol. The van der Waals surface area contributed by atoms with Gasteiger partial charge in [0.25, 0.3) is 5.91 Å². The van der Waals surface area contributed by atoms with Gasteiger partial charge in [0.2, 0.25) is 5.91 Å². The summed E-state index contributed by atoms with van der Waals surface area (Å²) in [6.07, 6.45) is 0. The summed E-state index contributed by atoms with van der Waals surface area (Å²) in [6.45, 7) is 6.26. The first-order valence-electron chi connectivity index (χ1n) is 6.55. The van der Waals surface area contributed by atoms with Crippen molar-refractivity contribution in [2.24, 2.45) is 0 Å². The quantitative estimate of drug-likeness (QED) is 0.881. The minimum absolute atomic E-state index is 0.0581. The van der Waals surface area contributed by atoms with Crippen LogP contribution in [0.1, 0.15) is 31.1 Å². The molecule has 0 atom stereocenters. The van der Waals surface area contributed by atoms with Crippen molar-refractivity contribution < 1.29 is 9.59 Å². The van der Waals surface area contributed by atoms with Gasteiger partial charge in [-0.2, -0.15) is 0 Å². The predicted octanol–water partition coefficient (Wildman–Crippen LogP) is 1.71. The first-order chi connectivity index (χ1) is 9.19. The molecule has 0 saturated carbocycles. The monoisotopic (exact) mass is 277 g/mol. The van der Waals surface area contributed by atoms with Gasteiger partial charge in [0.05, 0.1) is 6.54 Å². The molecule has 0 heterocycles. The van der Waals surface area contributed by atoms with E-state index in [1.807, 2.05) is 20.8 Å². The molecule has 20 heavy (non-hydrogen) atoms. The molecule has 1 aromatic rings. The Morgan fingerprint density at radius 2 is 1.65 bits per heavy atom. The van der Waals surface area contributed by atoms with Crippen molar-refractivity contribution in [1.29, 1.82) is 0 Å².